The molecule has 0 aliphatic rings. The summed E-state index contributed by atoms with van der Waals surface area (Å²) in [6, 6.07) is 6.72. The molecular weight excluding hydrogens is 242 g/mol. The highest BCUT2D eigenvalue weighted by atomic mass is 16.2. The monoisotopic (exact) mass is 263 g/mol. The molecule has 0 heterocycles. The van der Waals surface area contributed by atoms with Gasteiger partial charge >= 0.3 is 0 Å². The summed E-state index contributed by atoms with van der Waals surface area (Å²) in [5.74, 6) is -0.988. The van der Waals surface area contributed by atoms with Gasteiger partial charge in [0.25, 0.3) is 0 Å². The maximum Gasteiger partial charge on any atom is 0.241 e. The quantitative estimate of drug-likeness (QED) is 0.688. The van der Waals surface area contributed by atoms with Gasteiger partial charge in [-0.05, 0) is 30.5 Å². The number of hydrogen-bond donors (Lipinski definition) is 3. The second-order valence-electron chi connectivity index (χ2n) is 4.57. The van der Waals surface area contributed by atoms with Crippen molar-refractivity contribution in [2.45, 2.75) is 38.6 Å². The van der Waals surface area contributed by atoms with E-state index < -0.39 is 17.9 Å². The molecule has 0 saturated heterocycles. The lowest BCUT2D eigenvalue weighted by Gasteiger charge is -2.11. The number of anilines is 1. The third kappa shape index (κ3) is 5.52. The second kappa shape index (κ2) is 7.53. The number of rotatable bonds is 7. The smallest absolute Gasteiger partial charge is 0.241 e. The molecule has 5 nitrogen and oxygen atoms in total. The van der Waals surface area contributed by atoms with Crippen LogP contribution in [0.25, 0.3) is 0 Å². The van der Waals surface area contributed by atoms with Crippen LogP contribution in [0.2, 0.25) is 0 Å². The minimum Gasteiger partial charge on any atom is -0.370 e. The van der Waals surface area contributed by atoms with Gasteiger partial charge in [-0.3, -0.25) is 9.59 Å². The number of primary amides is 1. The number of carbonyl (C=O) groups is 2. The standard InChI is InChI=1S/C14H21N3O2/c1-2-3-4-10-5-7-11(8-6-10)17-14(19)12(15)9-13(16)18/h5-8,12H,2-4,9,15H2,1H3,(H2,16,18)(H,17,19). The summed E-state index contributed by atoms with van der Waals surface area (Å²) in [4.78, 5) is 22.3. The van der Waals surface area contributed by atoms with Crippen molar-refractivity contribution in [2.75, 3.05) is 5.32 Å². The molecule has 0 spiro atoms. The highest BCUT2D eigenvalue weighted by Gasteiger charge is 2.15. The molecule has 0 bridgehead atoms. The first-order chi connectivity index (χ1) is 9.02. The van der Waals surface area contributed by atoms with E-state index in [9.17, 15) is 9.59 Å². The number of amides is 2. The summed E-state index contributed by atoms with van der Waals surface area (Å²) in [6.45, 7) is 2.15. The average molecular weight is 263 g/mol. The molecule has 1 unspecified atom stereocenters. The molecular formula is C14H21N3O2. The predicted molar refractivity (Wildman–Crippen MR) is 75.5 cm³/mol. The van der Waals surface area contributed by atoms with Gasteiger partial charge in [-0.1, -0.05) is 25.5 Å². The van der Waals surface area contributed by atoms with Crippen molar-refractivity contribution in [1.29, 1.82) is 0 Å². The zero-order valence-electron chi connectivity index (χ0n) is 11.2. The molecule has 5 heteroatoms. The molecule has 104 valence electrons. The molecule has 1 atom stereocenters. The van der Waals surface area contributed by atoms with Crippen molar-refractivity contribution in [3.05, 3.63) is 29.8 Å². The normalized spacial score (nSPS) is 11.9. The number of nitrogens with one attached hydrogen (secondary N) is 1. The SMILES string of the molecule is CCCCc1ccc(NC(=O)C(N)CC(N)=O)cc1. The van der Waals surface area contributed by atoms with Crippen LogP contribution in [0.4, 0.5) is 5.69 Å². The Morgan fingerprint density at radius 3 is 2.42 bits per heavy atom. The lowest BCUT2D eigenvalue weighted by Crippen LogP contribution is -2.38. The Bertz CT molecular complexity index is 429. The Hall–Kier alpha value is -1.88. The minimum atomic E-state index is -0.905. The van der Waals surface area contributed by atoms with Crippen molar-refractivity contribution in [3.63, 3.8) is 0 Å². The van der Waals surface area contributed by atoms with Gasteiger partial charge in [-0.2, -0.15) is 0 Å². The second-order valence-corrected chi connectivity index (χ2v) is 4.57. The fourth-order valence-electron chi connectivity index (χ4n) is 1.68. The molecule has 0 aromatic heterocycles. The van der Waals surface area contributed by atoms with E-state index >= 15 is 0 Å². The van der Waals surface area contributed by atoms with E-state index in [0.29, 0.717) is 5.69 Å². The summed E-state index contributed by atoms with van der Waals surface area (Å²) in [6.07, 6.45) is 3.18. The van der Waals surface area contributed by atoms with Crippen LogP contribution in [0, 0.1) is 0 Å². The summed E-state index contributed by atoms with van der Waals surface area (Å²) in [5, 5.41) is 2.66. The molecule has 0 fully saturated rings. The van der Waals surface area contributed by atoms with Gasteiger partial charge < -0.3 is 16.8 Å². The summed E-state index contributed by atoms with van der Waals surface area (Å²) >= 11 is 0. The molecule has 1 aromatic rings. The lowest BCUT2D eigenvalue weighted by atomic mass is 10.1. The van der Waals surface area contributed by atoms with Crippen molar-refractivity contribution in [1.82, 2.24) is 0 Å². The van der Waals surface area contributed by atoms with E-state index in [1.807, 2.05) is 24.3 Å². The summed E-state index contributed by atoms with van der Waals surface area (Å²) in [5.41, 5.74) is 12.4. The van der Waals surface area contributed by atoms with E-state index in [1.165, 1.54) is 5.56 Å². The van der Waals surface area contributed by atoms with E-state index in [1.54, 1.807) is 0 Å². The average Bonchev–Trinajstić information content (AvgIpc) is 2.37. The van der Waals surface area contributed by atoms with Gasteiger partial charge in [0.1, 0.15) is 0 Å². The van der Waals surface area contributed by atoms with Crippen molar-refractivity contribution in [3.8, 4) is 0 Å². The molecule has 1 rings (SSSR count). The number of nitrogens with two attached hydrogens (primary N) is 2. The number of unbranched alkanes of at least 4 members (excludes halogenated alkanes) is 1. The Balaban J connectivity index is 2.52. The maximum absolute atomic E-state index is 11.7. The van der Waals surface area contributed by atoms with Crippen LogP contribution in [0.15, 0.2) is 24.3 Å². The van der Waals surface area contributed by atoms with E-state index in [0.717, 1.165) is 19.3 Å². The Kier molecular flexibility index (Phi) is 6.02. The van der Waals surface area contributed by atoms with Crippen molar-refractivity contribution in [2.24, 2.45) is 11.5 Å². The third-order valence-electron chi connectivity index (χ3n) is 2.80. The highest BCUT2D eigenvalue weighted by molar-refractivity contribution is 5.97. The Morgan fingerprint density at radius 2 is 1.89 bits per heavy atom. The maximum atomic E-state index is 11.7. The van der Waals surface area contributed by atoms with E-state index in [2.05, 4.69) is 12.2 Å². The fourth-order valence-corrected chi connectivity index (χ4v) is 1.68. The van der Waals surface area contributed by atoms with Crippen LogP contribution in [0.3, 0.4) is 0 Å². The van der Waals surface area contributed by atoms with Crippen LogP contribution < -0.4 is 16.8 Å². The van der Waals surface area contributed by atoms with Crippen LogP contribution in [-0.2, 0) is 16.0 Å². The zero-order chi connectivity index (χ0) is 14.3. The van der Waals surface area contributed by atoms with E-state index in [-0.39, 0.29) is 6.42 Å². The van der Waals surface area contributed by atoms with Gasteiger partial charge in [0.2, 0.25) is 11.8 Å². The molecule has 0 saturated carbocycles. The molecule has 0 radical (unpaired) electrons. The van der Waals surface area contributed by atoms with Gasteiger partial charge in [0.05, 0.1) is 12.5 Å². The van der Waals surface area contributed by atoms with Crippen LogP contribution in [-0.4, -0.2) is 17.9 Å². The molecule has 0 aliphatic heterocycles. The fraction of sp³-hybridized carbons (Fsp3) is 0.429. The third-order valence-corrected chi connectivity index (χ3v) is 2.80. The number of aryl methyl sites for hydroxylation is 1. The first-order valence-corrected chi connectivity index (χ1v) is 6.46. The highest BCUT2D eigenvalue weighted by Crippen LogP contribution is 2.12. The molecule has 19 heavy (non-hydrogen) atoms. The summed E-state index contributed by atoms with van der Waals surface area (Å²) in [7, 11) is 0. The first kappa shape index (κ1) is 15.2. The zero-order valence-corrected chi connectivity index (χ0v) is 11.2. The molecule has 0 aliphatic carbocycles. The number of benzene rings is 1. The molecule has 5 N–H and O–H groups in total. The van der Waals surface area contributed by atoms with Gasteiger partial charge in [-0.25, -0.2) is 0 Å². The largest absolute Gasteiger partial charge is 0.370 e. The van der Waals surface area contributed by atoms with Crippen LogP contribution >= 0.6 is 0 Å². The minimum absolute atomic E-state index is 0.152. The van der Waals surface area contributed by atoms with Crippen LogP contribution in [0.5, 0.6) is 0 Å². The van der Waals surface area contributed by atoms with Crippen LogP contribution in [0.1, 0.15) is 31.7 Å². The van der Waals surface area contributed by atoms with Gasteiger partial charge in [-0.15, -0.1) is 0 Å². The number of hydrogen-bond acceptors (Lipinski definition) is 3. The predicted octanol–water partition coefficient (Wildman–Crippen LogP) is 1.17. The first-order valence-electron chi connectivity index (χ1n) is 6.46. The topological polar surface area (TPSA) is 98.2 Å². The Labute approximate surface area is 113 Å². The van der Waals surface area contributed by atoms with Gasteiger partial charge in [0, 0.05) is 5.69 Å². The number of carbonyl (C=O) groups excluding carboxylic acids is 2. The van der Waals surface area contributed by atoms with Crippen molar-refractivity contribution < 1.29 is 9.59 Å². The van der Waals surface area contributed by atoms with E-state index in [4.69, 9.17) is 11.5 Å². The van der Waals surface area contributed by atoms with Gasteiger partial charge in [0.15, 0.2) is 0 Å². The molecule has 1 aromatic carbocycles. The summed E-state index contributed by atoms with van der Waals surface area (Å²) < 4.78 is 0. The Morgan fingerprint density at radius 1 is 1.26 bits per heavy atom. The van der Waals surface area contributed by atoms with Crippen molar-refractivity contribution >= 4 is 17.5 Å². The molecule has 2 amide bonds. The lowest BCUT2D eigenvalue weighted by molar-refractivity contribution is -0.123.